The SMILES string of the molecule is CC(C)(C)c1ccc(CO[C@@H]2CCC[C@H]2[NH3+])cc1. The number of hydrogen-bond donors (Lipinski definition) is 1. The minimum atomic E-state index is 0.225. The summed E-state index contributed by atoms with van der Waals surface area (Å²) in [6.07, 6.45) is 4.02. The van der Waals surface area contributed by atoms with E-state index in [1.807, 2.05) is 0 Å². The molecule has 2 atom stereocenters. The Morgan fingerprint density at radius 1 is 1.17 bits per heavy atom. The van der Waals surface area contributed by atoms with Crippen molar-refractivity contribution >= 4 is 0 Å². The second kappa shape index (κ2) is 5.41. The van der Waals surface area contributed by atoms with Gasteiger partial charge in [-0.15, -0.1) is 0 Å². The molecule has 1 aliphatic carbocycles. The van der Waals surface area contributed by atoms with Gasteiger partial charge in [0.25, 0.3) is 0 Å². The molecule has 18 heavy (non-hydrogen) atoms. The van der Waals surface area contributed by atoms with Crippen LogP contribution in [-0.2, 0) is 16.8 Å². The van der Waals surface area contributed by atoms with Gasteiger partial charge in [-0.05, 0) is 29.4 Å². The lowest BCUT2D eigenvalue weighted by Gasteiger charge is -2.19. The summed E-state index contributed by atoms with van der Waals surface area (Å²) in [4.78, 5) is 0. The van der Waals surface area contributed by atoms with Crippen molar-refractivity contribution in [1.82, 2.24) is 0 Å². The average molecular weight is 248 g/mol. The van der Waals surface area contributed by atoms with Gasteiger partial charge in [-0.1, -0.05) is 45.0 Å². The van der Waals surface area contributed by atoms with Crippen molar-refractivity contribution in [2.24, 2.45) is 0 Å². The topological polar surface area (TPSA) is 36.9 Å². The summed E-state index contributed by atoms with van der Waals surface area (Å²) in [5.74, 6) is 0. The molecule has 0 saturated heterocycles. The predicted octanol–water partition coefficient (Wildman–Crippen LogP) is 2.66. The highest BCUT2D eigenvalue weighted by Gasteiger charge is 2.27. The molecule has 1 fully saturated rings. The number of hydrogen-bond acceptors (Lipinski definition) is 1. The van der Waals surface area contributed by atoms with E-state index in [9.17, 15) is 0 Å². The Morgan fingerprint density at radius 2 is 1.83 bits per heavy atom. The first-order valence-electron chi connectivity index (χ1n) is 7.01. The van der Waals surface area contributed by atoms with E-state index in [0.29, 0.717) is 12.1 Å². The summed E-state index contributed by atoms with van der Waals surface area (Å²) in [5, 5.41) is 0. The van der Waals surface area contributed by atoms with Gasteiger partial charge in [0.1, 0.15) is 12.1 Å². The molecule has 0 spiro atoms. The Labute approximate surface area is 111 Å². The van der Waals surface area contributed by atoms with Crippen molar-refractivity contribution in [3.8, 4) is 0 Å². The van der Waals surface area contributed by atoms with E-state index in [4.69, 9.17) is 4.74 Å². The van der Waals surface area contributed by atoms with Gasteiger partial charge in [-0.25, -0.2) is 0 Å². The molecule has 2 rings (SSSR count). The summed E-state index contributed by atoms with van der Waals surface area (Å²) in [6, 6.07) is 9.30. The van der Waals surface area contributed by atoms with Crippen molar-refractivity contribution in [1.29, 1.82) is 0 Å². The standard InChI is InChI=1S/C16H25NO/c1-16(2,3)13-9-7-12(8-10-13)11-18-15-6-4-5-14(15)17/h7-10,14-15H,4-6,11,17H2,1-3H3/p+1/t14-,15-/m1/s1. The molecule has 0 radical (unpaired) electrons. The number of rotatable bonds is 3. The summed E-state index contributed by atoms with van der Waals surface area (Å²) in [5.41, 5.74) is 7.02. The first-order chi connectivity index (χ1) is 8.47. The Morgan fingerprint density at radius 3 is 2.33 bits per heavy atom. The smallest absolute Gasteiger partial charge is 0.111 e. The zero-order chi connectivity index (χ0) is 13.2. The van der Waals surface area contributed by atoms with Crippen molar-refractivity contribution in [3.05, 3.63) is 35.4 Å². The van der Waals surface area contributed by atoms with Gasteiger partial charge in [-0.3, -0.25) is 0 Å². The molecular weight excluding hydrogens is 222 g/mol. The van der Waals surface area contributed by atoms with E-state index in [0.717, 1.165) is 6.61 Å². The summed E-state index contributed by atoms with van der Waals surface area (Å²) < 4.78 is 5.96. The fraction of sp³-hybridized carbons (Fsp3) is 0.625. The van der Waals surface area contributed by atoms with Gasteiger partial charge in [0.15, 0.2) is 0 Å². The monoisotopic (exact) mass is 248 g/mol. The van der Waals surface area contributed by atoms with Crippen LogP contribution in [-0.4, -0.2) is 12.1 Å². The highest BCUT2D eigenvalue weighted by Crippen LogP contribution is 2.23. The van der Waals surface area contributed by atoms with Crippen molar-refractivity contribution in [3.63, 3.8) is 0 Å². The molecule has 0 unspecified atom stereocenters. The van der Waals surface area contributed by atoms with Crippen LogP contribution in [0.4, 0.5) is 0 Å². The van der Waals surface area contributed by atoms with Crippen molar-refractivity contribution < 1.29 is 10.5 Å². The van der Waals surface area contributed by atoms with Crippen LogP contribution in [0.3, 0.4) is 0 Å². The molecule has 0 bridgehead atoms. The normalized spacial score (nSPS) is 24.4. The zero-order valence-electron chi connectivity index (χ0n) is 11.9. The Bertz CT molecular complexity index is 377. The quantitative estimate of drug-likeness (QED) is 0.877. The third kappa shape index (κ3) is 3.33. The van der Waals surface area contributed by atoms with Gasteiger partial charge in [0.05, 0.1) is 6.61 Å². The highest BCUT2D eigenvalue weighted by atomic mass is 16.5. The highest BCUT2D eigenvalue weighted by molar-refractivity contribution is 5.27. The molecule has 1 aromatic rings. The fourth-order valence-corrected chi connectivity index (χ4v) is 2.53. The van der Waals surface area contributed by atoms with Crippen LogP contribution in [0.1, 0.15) is 51.2 Å². The molecule has 0 aromatic heterocycles. The molecule has 1 saturated carbocycles. The van der Waals surface area contributed by atoms with E-state index in [2.05, 4.69) is 50.8 Å². The number of benzene rings is 1. The van der Waals surface area contributed by atoms with Gasteiger partial charge < -0.3 is 10.5 Å². The molecule has 100 valence electrons. The summed E-state index contributed by atoms with van der Waals surface area (Å²) in [7, 11) is 0. The van der Waals surface area contributed by atoms with Crippen LogP contribution < -0.4 is 5.73 Å². The van der Waals surface area contributed by atoms with Gasteiger partial charge in [-0.2, -0.15) is 0 Å². The maximum Gasteiger partial charge on any atom is 0.111 e. The number of ether oxygens (including phenoxy) is 1. The number of quaternary nitrogens is 1. The molecule has 0 heterocycles. The molecule has 2 heteroatoms. The van der Waals surface area contributed by atoms with Crippen LogP contribution in [0, 0.1) is 0 Å². The Balaban J connectivity index is 1.90. The van der Waals surface area contributed by atoms with Crippen molar-refractivity contribution in [2.75, 3.05) is 0 Å². The fourth-order valence-electron chi connectivity index (χ4n) is 2.53. The molecule has 0 amide bonds. The maximum atomic E-state index is 5.96. The first kappa shape index (κ1) is 13.6. The summed E-state index contributed by atoms with van der Waals surface area (Å²) >= 11 is 0. The lowest BCUT2D eigenvalue weighted by molar-refractivity contribution is -0.434. The van der Waals surface area contributed by atoms with Crippen LogP contribution in [0.25, 0.3) is 0 Å². The Hall–Kier alpha value is -0.860. The summed E-state index contributed by atoms with van der Waals surface area (Å²) in [6.45, 7) is 7.44. The second-order valence-corrected chi connectivity index (χ2v) is 6.49. The lowest BCUT2D eigenvalue weighted by Crippen LogP contribution is -2.64. The first-order valence-corrected chi connectivity index (χ1v) is 7.01. The minimum Gasteiger partial charge on any atom is -0.367 e. The van der Waals surface area contributed by atoms with Gasteiger partial charge >= 0.3 is 0 Å². The van der Waals surface area contributed by atoms with Crippen LogP contribution in [0.2, 0.25) is 0 Å². The van der Waals surface area contributed by atoms with Crippen LogP contribution in [0.15, 0.2) is 24.3 Å². The van der Waals surface area contributed by atoms with E-state index in [-0.39, 0.29) is 5.41 Å². The maximum absolute atomic E-state index is 5.96. The van der Waals surface area contributed by atoms with E-state index < -0.39 is 0 Å². The van der Waals surface area contributed by atoms with E-state index in [1.165, 1.54) is 30.4 Å². The van der Waals surface area contributed by atoms with E-state index >= 15 is 0 Å². The molecule has 1 aliphatic rings. The largest absolute Gasteiger partial charge is 0.367 e. The van der Waals surface area contributed by atoms with Crippen molar-refractivity contribution in [2.45, 2.75) is 64.2 Å². The molecule has 2 nitrogen and oxygen atoms in total. The minimum absolute atomic E-state index is 0.225. The van der Waals surface area contributed by atoms with Crippen LogP contribution >= 0.6 is 0 Å². The van der Waals surface area contributed by atoms with E-state index in [1.54, 1.807) is 0 Å². The molecule has 0 aliphatic heterocycles. The lowest BCUT2D eigenvalue weighted by atomic mass is 9.87. The predicted molar refractivity (Wildman–Crippen MR) is 74.2 cm³/mol. The average Bonchev–Trinajstić information content (AvgIpc) is 2.72. The zero-order valence-corrected chi connectivity index (χ0v) is 11.9. The molecule has 3 N–H and O–H groups in total. The third-order valence-corrected chi connectivity index (χ3v) is 3.87. The Kier molecular flexibility index (Phi) is 4.08. The van der Waals surface area contributed by atoms with Crippen LogP contribution in [0.5, 0.6) is 0 Å². The van der Waals surface area contributed by atoms with Gasteiger partial charge in [0.2, 0.25) is 0 Å². The third-order valence-electron chi connectivity index (χ3n) is 3.87. The van der Waals surface area contributed by atoms with Gasteiger partial charge in [0, 0.05) is 6.42 Å². The molecule has 1 aromatic carbocycles. The second-order valence-electron chi connectivity index (χ2n) is 6.49. The molecular formula is C16H26NO+.